The second-order valence-corrected chi connectivity index (χ2v) is 5.50. The van der Waals surface area contributed by atoms with Crippen LogP contribution in [0.3, 0.4) is 0 Å². The Bertz CT molecular complexity index is 159. The second kappa shape index (κ2) is 8.11. The Hall–Kier alpha value is -0.0400. The van der Waals surface area contributed by atoms with Crippen molar-refractivity contribution in [2.24, 2.45) is 11.8 Å². The zero-order valence-electron chi connectivity index (χ0n) is 11.6. The Balaban J connectivity index is 2.24. The van der Waals surface area contributed by atoms with E-state index in [0.29, 0.717) is 0 Å². The number of unbranched alkanes of at least 4 members (excludes halogenated alkanes) is 1. The number of hydrogen-bond acceptors (Lipinski definition) is 1. The normalized spacial score (nSPS) is 27.9. The van der Waals surface area contributed by atoms with Crippen molar-refractivity contribution in [2.75, 3.05) is 6.54 Å². The van der Waals surface area contributed by atoms with E-state index in [2.05, 4.69) is 26.1 Å². The third-order valence-electron chi connectivity index (χ3n) is 4.33. The molecule has 0 bridgehead atoms. The SMILES string of the molecule is CCCCC1CCC(C(CC)NCC)CC1. The lowest BCUT2D eigenvalue weighted by Crippen LogP contribution is -2.37. The van der Waals surface area contributed by atoms with E-state index in [1.807, 2.05) is 0 Å². The van der Waals surface area contributed by atoms with Gasteiger partial charge >= 0.3 is 0 Å². The summed E-state index contributed by atoms with van der Waals surface area (Å²) in [6.07, 6.45) is 11.5. The highest BCUT2D eigenvalue weighted by Crippen LogP contribution is 2.34. The van der Waals surface area contributed by atoms with Gasteiger partial charge in [-0.05, 0) is 37.6 Å². The molecule has 0 heterocycles. The van der Waals surface area contributed by atoms with Crippen LogP contribution in [0.15, 0.2) is 0 Å². The highest BCUT2D eigenvalue weighted by atomic mass is 14.9. The average Bonchev–Trinajstić information content (AvgIpc) is 2.34. The molecule has 0 aliphatic heterocycles. The van der Waals surface area contributed by atoms with Crippen LogP contribution in [0.1, 0.15) is 72.1 Å². The molecule has 1 atom stereocenters. The molecular formula is C15H31N. The van der Waals surface area contributed by atoms with Gasteiger partial charge in [-0.15, -0.1) is 0 Å². The summed E-state index contributed by atoms with van der Waals surface area (Å²) in [6, 6.07) is 0.789. The molecule has 1 N–H and O–H groups in total. The van der Waals surface area contributed by atoms with Crippen LogP contribution in [0, 0.1) is 11.8 Å². The minimum Gasteiger partial charge on any atom is -0.314 e. The van der Waals surface area contributed by atoms with Gasteiger partial charge in [-0.2, -0.15) is 0 Å². The van der Waals surface area contributed by atoms with Crippen LogP contribution >= 0.6 is 0 Å². The zero-order chi connectivity index (χ0) is 11.8. The van der Waals surface area contributed by atoms with Crippen molar-refractivity contribution in [3.63, 3.8) is 0 Å². The lowest BCUT2D eigenvalue weighted by Gasteiger charge is -2.34. The molecule has 0 aromatic carbocycles. The number of rotatable bonds is 7. The van der Waals surface area contributed by atoms with Gasteiger partial charge in [-0.25, -0.2) is 0 Å². The first-order valence-corrected chi connectivity index (χ1v) is 7.55. The van der Waals surface area contributed by atoms with Crippen molar-refractivity contribution in [1.29, 1.82) is 0 Å². The van der Waals surface area contributed by atoms with Crippen molar-refractivity contribution in [3.8, 4) is 0 Å². The maximum absolute atomic E-state index is 3.66. The Morgan fingerprint density at radius 1 is 1.06 bits per heavy atom. The Labute approximate surface area is 102 Å². The quantitative estimate of drug-likeness (QED) is 0.678. The van der Waals surface area contributed by atoms with Gasteiger partial charge in [0.25, 0.3) is 0 Å². The third kappa shape index (κ3) is 4.45. The summed E-state index contributed by atoms with van der Waals surface area (Å²) in [4.78, 5) is 0. The Morgan fingerprint density at radius 2 is 1.75 bits per heavy atom. The standard InChI is InChI=1S/C15H31N/c1-4-7-8-13-9-11-14(12-10-13)15(5-2)16-6-3/h13-16H,4-12H2,1-3H3. The highest BCUT2D eigenvalue weighted by molar-refractivity contribution is 4.80. The maximum Gasteiger partial charge on any atom is 0.00925 e. The molecule has 1 aliphatic rings. The molecule has 0 aromatic rings. The molecule has 0 radical (unpaired) electrons. The number of nitrogens with one attached hydrogen (secondary N) is 1. The fourth-order valence-corrected chi connectivity index (χ4v) is 3.28. The summed E-state index contributed by atoms with van der Waals surface area (Å²) >= 11 is 0. The van der Waals surface area contributed by atoms with E-state index in [4.69, 9.17) is 0 Å². The van der Waals surface area contributed by atoms with Crippen LogP contribution in [0.5, 0.6) is 0 Å². The van der Waals surface area contributed by atoms with Crippen LogP contribution in [-0.2, 0) is 0 Å². The fourth-order valence-electron chi connectivity index (χ4n) is 3.28. The van der Waals surface area contributed by atoms with Gasteiger partial charge in [0, 0.05) is 6.04 Å². The van der Waals surface area contributed by atoms with E-state index in [-0.39, 0.29) is 0 Å². The monoisotopic (exact) mass is 225 g/mol. The molecule has 1 aliphatic carbocycles. The van der Waals surface area contributed by atoms with Crippen LogP contribution in [0.25, 0.3) is 0 Å². The Morgan fingerprint density at radius 3 is 2.25 bits per heavy atom. The minimum atomic E-state index is 0.789. The van der Waals surface area contributed by atoms with Crippen molar-refractivity contribution in [3.05, 3.63) is 0 Å². The van der Waals surface area contributed by atoms with E-state index < -0.39 is 0 Å². The molecule has 0 aromatic heterocycles. The van der Waals surface area contributed by atoms with Gasteiger partial charge in [0.1, 0.15) is 0 Å². The first-order chi connectivity index (χ1) is 7.81. The third-order valence-corrected chi connectivity index (χ3v) is 4.33. The van der Waals surface area contributed by atoms with E-state index in [0.717, 1.165) is 24.4 Å². The van der Waals surface area contributed by atoms with Crippen molar-refractivity contribution in [1.82, 2.24) is 5.32 Å². The van der Waals surface area contributed by atoms with E-state index >= 15 is 0 Å². The molecule has 0 spiro atoms. The summed E-state index contributed by atoms with van der Waals surface area (Å²) in [6.45, 7) is 8.00. The lowest BCUT2D eigenvalue weighted by atomic mass is 9.76. The van der Waals surface area contributed by atoms with E-state index in [1.165, 1.54) is 51.4 Å². The summed E-state index contributed by atoms with van der Waals surface area (Å²) in [5.41, 5.74) is 0. The molecule has 1 fully saturated rings. The maximum atomic E-state index is 3.66. The summed E-state index contributed by atoms with van der Waals surface area (Å²) in [7, 11) is 0. The average molecular weight is 225 g/mol. The van der Waals surface area contributed by atoms with Gasteiger partial charge in [0.15, 0.2) is 0 Å². The number of hydrogen-bond donors (Lipinski definition) is 1. The molecule has 0 amide bonds. The first kappa shape index (κ1) is 14.0. The van der Waals surface area contributed by atoms with Crippen LogP contribution in [0.4, 0.5) is 0 Å². The van der Waals surface area contributed by atoms with Crippen LogP contribution in [-0.4, -0.2) is 12.6 Å². The molecule has 16 heavy (non-hydrogen) atoms. The van der Waals surface area contributed by atoms with Gasteiger partial charge in [-0.1, -0.05) is 52.9 Å². The summed E-state index contributed by atoms with van der Waals surface area (Å²) in [5.74, 6) is 2.01. The lowest BCUT2D eigenvalue weighted by molar-refractivity contribution is 0.210. The van der Waals surface area contributed by atoms with Gasteiger partial charge < -0.3 is 5.32 Å². The van der Waals surface area contributed by atoms with Gasteiger partial charge in [-0.3, -0.25) is 0 Å². The van der Waals surface area contributed by atoms with Crippen LogP contribution < -0.4 is 5.32 Å². The molecule has 96 valence electrons. The second-order valence-electron chi connectivity index (χ2n) is 5.50. The van der Waals surface area contributed by atoms with Gasteiger partial charge in [0.2, 0.25) is 0 Å². The Kier molecular flexibility index (Phi) is 7.11. The molecule has 0 saturated heterocycles. The van der Waals surface area contributed by atoms with Crippen LogP contribution in [0.2, 0.25) is 0 Å². The molecule has 1 nitrogen and oxygen atoms in total. The fraction of sp³-hybridized carbons (Fsp3) is 1.00. The molecule has 1 rings (SSSR count). The molecule has 1 saturated carbocycles. The van der Waals surface area contributed by atoms with Crippen molar-refractivity contribution >= 4 is 0 Å². The predicted octanol–water partition coefficient (Wildman–Crippen LogP) is 4.37. The topological polar surface area (TPSA) is 12.0 Å². The smallest absolute Gasteiger partial charge is 0.00925 e. The first-order valence-electron chi connectivity index (χ1n) is 7.55. The predicted molar refractivity (Wildman–Crippen MR) is 72.7 cm³/mol. The summed E-state index contributed by atoms with van der Waals surface area (Å²) in [5, 5.41) is 3.66. The van der Waals surface area contributed by atoms with E-state index in [1.54, 1.807) is 0 Å². The van der Waals surface area contributed by atoms with E-state index in [9.17, 15) is 0 Å². The minimum absolute atomic E-state index is 0.789. The van der Waals surface area contributed by atoms with Crippen molar-refractivity contribution in [2.45, 2.75) is 78.2 Å². The molecule has 1 heteroatoms. The molecule has 1 unspecified atom stereocenters. The van der Waals surface area contributed by atoms with Crippen molar-refractivity contribution < 1.29 is 0 Å². The highest BCUT2D eigenvalue weighted by Gasteiger charge is 2.25. The van der Waals surface area contributed by atoms with Gasteiger partial charge in [0.05, 0.1) is 0 Å². The summed E-state index contributed by atoms with van der Waals surface area (Å²) < 4.78 is 0. The molecular weight excluding hydrogens is 194 g/mol. The zero-order valence-corrected chi connectivity index (χ0v) is 11.6. The largest absolute Gasteiger partial charge is 0.314 e.